The van der Waals surface area contributed by atoms with Gasteiger partial charge in [0.1, 0.15) is 0 Å². The van der Waals surface area contributed by atoms with Crippen LogP contribution in [0.5, 0.6) is 0 Å². The van der Waals surface area contributed by atoms with Crippen molar-refractivity contribution < 1.29 is 4.74 Å². The Bertz CT molecular complexity index is 200. The van der Waals surface area contributed by atoms with Crippen LogP contribution in [0.2, 0.25) is 0 Å². The van der Waals surface area contributed by atoms with Crippen LogP contribution in [0.4, 0.5) is 0 Å². The summed E-state index contributed by atoms with van der Waals surface area (Å²) in [6.07, 6.45) is 7.33. The molecule has 0 N–H and O–H groups in total. The first kappa shape index (κ1) is 10.8. The molecule has 0 aromatic rings. The first-order valence-corrected chi connectivity index (χ1v) is 5.41. The predicted octanol–water partition coefficient (Wildman–Crippen LogP) is 3.55. The standard InChI is InChI=1S/C10H16O.C2H6/c1-9(2,3)10-6-4-8(11-10)5-7-10;1-2/h4,6,8H,5,7H2,1-3H3;1-2H3. The second-order valence-electron chi connectivity index (χ2n) is 4.69. The Labute approximate surface area is 82.2 Å². The van der Waals surface area contributed by atoms with E-state index in [0.717, 1.165) is 0 Å². The van der Waals surface area contributed by atoms with Crippen molar-refractivity contribution in [1.82, 2.24) is 0 Å². The zero-order chi connectivity index (χ0) is 10.1. The monoisotopic (exact) mass is 182 g/mol. The Balaban J connectivity index is 0.000000396. The summed E-state index contributed by atoms with van der Waals surface area (Å²) in [6.45, 7) is 10.8. The Morgan fingerprint density at radius 3 is 2.08 bits per heavy atom. The van der Waals surface area contributed by atoms with E-state index in [2.05, 4.69) is 32.9 Å². The maximum Gasteiger partial charge on any atom is 0.0920 e. The fourth-order valence-electron chi connectivity index (χ4n) is 2.07. The van der Waals surface area contributed by atoms with Gasteiger partial charge in [0.05, 0.1) is 11.7 Å². The molecule has 0 spiro atoms. The minimum atomic E-state index is 0.0671. The minimum absolute atomic E-state index is 0.0671. The fraction of sp³-hybridized carbons (Fsp3) is 0.833. The highest BCUT2D eigenvalue weighted by Gasteiger charge is 2.49. The van der Waals surface area contributed by atoms with Crippen molar-refractivity contribution in [1.29, 1.82) is 0 Å². The summed E-state index contributed by atoms with van der Waals surface area (Å²) in [7, 11) is 0. The highest BCUT2D eigenvalue weighted by molar-refractivity contribution is 5.20. The molecule has 2 rings (SSSR count). The number of ether oxygens (including phenoxy) is 1. The lowest BCUT2D eigenvalue weighted by molar-refractivity contribution is -0.0441. The maximum atomic E-state index is 5.91. The molecule has 2 heterocycles. The summed E-state index contributed by atoms with van der Waals surface area (Å²) in [5.74, 6) is 0. The summed E-state index contributed by atoms with van der Waals surface area (Å²) in [6, 6.07) is 0. The van der Waals surface area contributed by atoms with E-state index in [9.17, 15) is 0 Å². The Hall–Kier alpha value is -0.300. The summed E-state index contributed by atoms with van der Waals surface area (Å²) >= 11 is 0. The van der Waals surface area contributed by atoms with Crippen LogP contribution in [0.15, 0.2) is 12.2 Å². The van der Waals surface area contributed by atoms with E-state index in [1.165, 1.54) is 12.8 Å². The van der Waals surface area contributed by atoms with Gasteiger partial charge in [-0.25, -0.2) is 0 Å². The molecule has 2 bridgehead atoms. The third-order valence-electron chi connectivity index (χ3n) is 3.01. The molecule has 0 saturated carbocycles. The fourth-order valence-corrected chi connectivity index (χ4v) is 2.07. The van der Waals surface area contributed by atoms with Gasteiger partial charge < -0.3 is 4.74 Å². The molecule has 1 heteroatoms. The molecule has 1 nitrogen and oxygen atoms in total. The van der Waals surface area contributed by atoms with E-state index >= 15 is 0 Å². The van der Waals surface area contributed by atoms with Gasteiger partial charge in [-0.05, 0) is 18.3 Å². The second-order valence-corrected chi connectivity index (χ2v) is 4.69. The average Bonchev–Trinajstić information content (AvgIpc) is 2.66. The van der Waals surface area contributed by atoms with Crippen molar-refractivity contribution in [3.63, 3.8) is 0 Å². The van der Waals surface area contributed by atoms with Gasteiger partial charge in [0.2, 0.25) is 0 Å². The molecule has 2 atom stereocenters. The van der Waals surface area contributed by atoms with E-state index in [1.807, 2.05) is 13.8 Å². The van der Waals surface area contributed by atoms with Gasteiger partial charge in [-0.1, -0.05) is 46.8 Å². The number of hydrogen-bond donors (Lipinski definition) is 0. The summed E-state index contributed by atoms with van der Waals surface area (Å²) in [5, 5.41) is 0. The number of rotatable bonds is 0. The molecule has 0 aromatic carbocycles. The molecule has 0 radical (unpaired) electrons. The molecule has 13 heavy (non-hydrogen) atoms. The van der Waals surface area contributed by atoms with Gasteiger partial charge in [-0.15, -0.1) is 0 Å². The maximum absolute atomic E-state index is 5.91. The molecule has 0 aromatic heterocycles. The van der Waals surface area contributed by atoms with Crippen molar-refractivity contribution in [2.75, 3.05) is 0 Å². The molecule has 2 aliphatic heterocycles. The second kappa shape index (κ2) is 3.45. The lowest BCUT2D eigenvalue weighted by Crippen LogP contribution is -2.38. The van der Waals surface area contributed by atoms with Crippen LogP contribution in [0, 0.1) is 5.41 Å². The highest BCUT2D eigenvalue weighted by atomic mass is 16.5. The van der Waals surface area contributed by atoms with Crippen LogP contribution in [-0.2, 0) is 4.74 Å². The van der Waals surface area contributed by atoms with E-state index < -0.39 is 0 Å². The Kier molecular flexibility index (Phi) is 2.86. The Morgan fingerprint density at radius 2 is 1.92 bits per heavy atom. The van der Waals surface area contributed by atoms with Crippen molar-refractivity contribution >= 4 is 0 Å². The molecular formula is C12H22O. The van der Waals surface area contributed by atoms with Gasteiger partial charge in [0, 0.05) is 0 Å². The normalized spacial score (nSPS) is 35.9. The van der Waals surface area contributed by atoms with Crippen LogP contribution in [0.1, 0.15) is 47.5 Å². The third kappa shape index (κ3) is 1.67. The van der Waals surface area contributed by atoms with Gasteiger partial charge in [0.25, 0.3) is 0 Å². The Morgan fingerprint density at radius 1 is 1.31 bits per heavy atom. The lowest BCUT2D eigenvalue weighted by atomic mass is 9.73. The van der Waals surface area contributed by atoms with E-state index in [1.54, 1.807) is 0 Å². The van der Waals surface area contributed by atoms with Crippen molar-refractivity contribution in [3.05, 3.63) is 12.2 Å². The molecule has 0 amide bonds. The van der Waals surface area contributed by atoms with Gasteiger partial charge in [0.15, 0.2) is 0 Å². The van der Waals surface area contributed by atoms with Crippen LogP contribution in [-0.4, -0.2) is 11.7 Å². The minimum Gasteiger partial charge on any atom is -0.363 e. The zero-order valence-corrected chi connectivity index (χ0v) is 9.55. The largest absolute Gasteiger partial charge is 0.363 e. The van der Waals surface area contributed by atoms with E-state index in [4.69, 9.17) is 4.74 Å². The molecule has 0 aliphatic carbocycles. The van der Waals surface area contributed by atoms with Crippen molar-refractivity contribution in [2.24, 2.45) is 5.41 Å². The summed E-state index contributed by atoms with van der Waals surface area (Å²) in [4.78, 5) is 0. The number of hydrogen-bond acceptors (Lipinski definition) is 1. The SMILES string of the molecule is CC.CC(C)(C)C12C=CC(CC1)O2. The smallest absolute Gasteiger partial charge is 0.0920 e. The van der Waals surface area contributed by atoms with Crippen LogP contribution in [0.25, 0.3) is 0 Å². The van der Waals surface area contributed by atoms with Crippen LogP contribution < -0.4 is 0 Å². The molecule has 2 unspecified atom stereocenters. The molecule has 2 aliphatic rings. The molecule has 76 valence electrons. The first-order valence-electron chi connectivity index (χ1n) is 5.41. The molecule has 1 saturated heterocycles. The van der Waals surface area contributed by atoms with Gasteiger partial charge >= 0.3 is 0 Å². The number of fused-ring (bicyclic) bond motifs is 2. The first-order chi connectivity index (χ1) is 6.04. The van der Waals surface area contributed by atoms with E-state index in [0.29, 0.717) is 6.10 Å². The summed E-state index contributed by atoms with van der Waals surface area (Å²) < 4.78 is 5.91. The van der Waals surface area contributed by atoms with Gasteiger partial charge in [-0.3, -0.25) is 0 Å². The van der Waals surface area contributed by atoms with Crippen LogP contribution in [0.3, 0.4) is 0 Å². The van der Waals surface area contributed by atoms with Crippen molar-refractivity contribution in [3.8, 4) is 0 Å². The van der Waals surface area contributed by atoms with Gasteiger partial charge in [-0.2, -0.15) is 0 Å². The molecule has 1 fully saturated rings. The lowest BCUT2D eigenvalue weighted by Gasteiger charge is -2.36. The highest BCUT2D eigenvalue weighted by Crippen LogP contribution is 2.48. The van der Waals surface area contributed by atoms with Crippen molar-refractivity contribution in [2.45, 2.75) is 59.2 Å². The van der Waals surface area contributed by atoms with E-state index in [-0.39, 0.29) is 11.0 Å². The summed E-state index contributed by atoms with van der Waals surface area (Å²) in [5.41, 5.74) is 0.326. The zero-order valence-electron chi connectivity index (χ0n) is 9.55. The topological polar surface area (TPSA) is 9.23 Å². The molecular weight excluding hydrogens is 160 g/mol. The predicted molar refractivity (Wildman–Crippen MR) is 56.8 cm³/mol. The average molecular weight is 182 g/mol. The van der Waals surface area contributed by atoms with Crippen LogP contribution >= 0.6 is 0 Å². The third-order valence-corrected chi connectivity index (χ3v) is 3.01. The quantitative estimate of drug-likeness (QED) is 0.521.